The molecule has 0 bridgehead atoms. The van der Waals surface area contributed by atoms with E-state index in [0.717, 1.165) is 32.8 Å². The predicted octanol–water partition coefficient (Wildman–Crippen LogP) is 3.60. The molecule has 0 radical (unpaired) electrons. The van der Waals surface area contributed by atoms with Gasteiger partial charge in [-0.3, -0.25) is 9.48 Å². The second-order valence-corrected chi connectivity index (χ2v) is 5.79. The van der Waals surface area contributed by atoms with Gasteiger partial charge in [0.1, 0.15) is 6.29 Å². The van der Waals surface area contributed by atoms with E-state index in [-0.39, 0.29) is 0 Å². The van der Waals surface area contributed by atoms with Gasteiger partial charge in [0.15, 0.2) is 0 Å². The summed E-state index contributed by atoms with van der Waals surface area (Å²) in [7, 11) is 1.95. The minimum atomic E-state index is 0.705. The number of carbonyl (C=O) groups excluding carboxylic acids is 1. The Balaban J connectivity index is 2.08. The molecule has 0 N–H and O–H groups in total. The van der Waals surface area contributed by atoms with Crippen molar-refractivity contribution in [2.24, 2.45) is 7.05 Å². The number of benzene rings is 1. The summed E-state index contributed by atoms with van der Waals surface area (Å²) < 4.78 is 2.97. The first-order chi connectivity index (χ1) is 8.61. The van der Waals surface area contributed by atoms with E-state index in [1.807, 2.05) is 42.9 Å². The Bertz CT molecular complexity index is 563. The molecule has 0 amide bonds. The van der Waals surface area contributed by atoms with Crippen molar-refractivity contribution in [3.05, 3.63) is 45.7 Å². The Morgan fingerprint density at radius 2 is 2.06 bits per heavy atom. The van der Waals surface area contributed by atoms with Crippen LogP contribution < -0.4 is 0 Å². The molecule has 3 nitrogen and oxygen atoms in total. The van der Waals surface area contributed by atoms with Gasteiger partial charge < -0.3 is 0 Å². The first kappa shape index (κ1) is 13.4. The van der Waals surface area contributed by atoms with Crippen molar-refractivity contribution < 1.29 is 4.79 Å². The summed E-state index contributed by atoms with van der Waals surface area (Å²) in [6.07, 6.45) is 0.857. The number of nitrogens with zero attached hydrogens (tertiary/aromatic N) is 2. The second kappa shape index (κ2) is 5.71. The molecule has 1 heterocycles. The van der Waals surface area contributed by atoms with Crippen molar-refractivity contribution in [1.29, 1.82) is 0 Å². The Morgan fingerprint density at radius 1 is 1.39 bits per heavy atom. The van der Waals surface area contributed by atoms with E-state index in [0.29, 0.717) is 5.56 Å². The zero-order valence-electron chi connectivity index (χ0n) is 10.2. The maximum Gasteiger partial charge on any atom is 0.150 e. The predicted molar refractivity (Wildman–Crippen MR) is 77.0 cm³/mol. The van der Waals surface area contributed by atoms with E-state index in [2.05, 4.69) is 21.0 Å². The molecule has 2 rings (SSSR count). The van der Waals surface area contributed by atoms with Crippen LogP contribution in [0.15, 0.2) is 33.6 Å². The summed E-state index contributed by atoms with van der Waals surface area (Å²) in [4.78, 5) is 11.7. The number of hydrogen-bond acceptors (Lipinski definition) is 3. The molecule has 0 saturated heterocycles. The fourth-order valence-corrected chi connectivity index (χ4v) is 3.26. The first-order valence-corrected chi connectivity index (χ1v) is 7.25. The van der Waals surface area contributed by atoms with Gasteiger partial charge in [0.2, 0.25) is 0 Å². The molecule has 1 aromatic carbocycles. The number of hydrogen-bond donors (Lipinski definition) is 0. The second-order valence-electron chi connectivity index (χ2n) is 3.95. The molecule has 5 heteroatoms. The molecule has 0 unspecified atom stereocenters. The third kappa shape index (κ3) is 2.84. The van der Waals surface area contributed by atoms with Crippen LogP contribution in [0, 0.1) is 6.92 Å². The average Bonchev–Trinajstić information content (AvgIpc) is 2.62. The van der Waals surface area contributed by atoms with Gasteiger partial charge in [-0.2, -0.15) is 5.10 Å². The molecule has 0 aliphatic heterocycles. The molecule has 0 spiro atoms. The van der Waals surface area contributed by atoms with Gasteiger partial charge in [0.05, 0.1) is 15.9 Å². The number of aromatic nitrogens is 2. The highest BCUT2D eigenvalue weighted by atomic mass is 79.9. The normalized spacial score (nSPS) is 10.6. The zero-order chi connectivity index (χ0) is 13.1. The van der Waals surface area contributed by atoms with E-state index in [1.54, 1.807) is 11.8 Å². The Kier molecular flexibility index (Phi) is 4.24. The lowest BCUT2D eigenvalue weighted by Crippen LogP contribution is -1.96. The Labute approximate surface area is 119 Å². The van der Waals surface area contributed by atoms with Gasteiger partial charge in [-0.1, -0.05) is 12.1 Å². The SMILES string of the molecule is Cc1nn(C)c(CSc2ccc(C=O)cc2)c1Br. The third-order valence-corrected chi connectivity index (χ3v) is 4.71. The maximum atomic E-state index is 10.6. The fourth-order valence-electron chi connectivity index (χ4n) is 1.63. The van der Waals surface area contributed by atoms with Crippen LogP contribution in [0.5, 0.6) is 0 Å². The van der Waals surface area contributed by atoms with Crippen LogP contribution in [0.4, 0.5) is 0 Å². The Hall–Kier alpha value is -1.07. The lowest BCUT2D eigenvalue weighted by atomic mass is 10.2. The third-order valence-electron chi connectivity index (χ3n) is 2.65. The van der Waals surface area contributed by atoms with E-state index in [4.69, 9.17) is 0 Å². The Morgan fingerprint density at radius 3 is 2.56 bits per heavy atom. The van der Waals surface area contributed by atoms with Gasteiger partial charge in [-0.15, -0.1) is 11.8 Å². The number of halogens is 1. The molecule has 0 aliphatic carbocycles. The molecule has 0 saturated carbocycles. The molecule has 0 fully saturated rings. The summed E-state index contributed by atoms with van der Waals surface area (Å²) in [5, 5.41) is 4.36. The van der Waals surface area contributed by atoms with E-state index in [1.165, 1.54) is 0 Å². The monoisotopic (exact) mass is 324 g/mol. The molecule has 2 aromatic rings. The van der Waals surface area contributed by atoms with Crippen LogP contribution in [0.25, 0.3) is 0 Å². The summed E-state index contributed by atoms with van der Waals surface area (Å²) in [5.41, 5.74) is 2.87. The van der Waals surface area contributed by atoms with Crippen molar-refractivity contribution in [1.82, 2.24) is 9.78 Å². The lowest BCUT2D eigenvalue weighted by Gasteiger charge is -2.03. The van der Waals surface area contributed by atoms with Crippen molar-refractivity contribution in [2.75, 3.05) is 0 Å². The van der Waals surface area contributed by atoms with Crippen molar-refractivity contribution >= 4 is 34.0 Å². The quantitative estimate of drug-likeness (QED) is 0.636. The van der Waals surface area contributed by atoms with Crippen molar-refractivity contribution in [2.45, 2.75) is 17.6 Å². The van der Waals surface area contributed by atoms with Crippen LogP contribution >= 0.6 is 27.7 Å². The van der Waals surface area contributed by atoms with Gasteiger partial charge in [-0.05, 0) is 35.0 Å². The summed E-state index contributed by atoms with van der Waals surface area (Å²) in [6.45, 7) is 1.98. The molecule has 0 aliphatic rings. The topological polar surface area (TPSA) is 34.9 Å². The first-order valence-electron chi connectivity index (χ1n) is 5.48. The number of aldehydes is 1. The maximum absolute atomic E-state index is 10.6. The summed E-state index contributed by atoms with van der Waals surface area (Å²) in [5.74, 6) is 0.846. The van der Waals surface area contributed by atoms with E-state index >= 15 is 0 Å². The average molecular weight is 325 g/mol. The minimum absolute atomic E-state index is 0.705. The highest BCUT2D eigenvalue weighted by Gasteiger charge is 2.10. The van der Waals surface area contributed by atoms with Crippen molar-refractivity contribution in [3.63, 3.8) is 0 Å². The van der Waals surface area contributed by atoms with E-state index < -0.39 is 0 Å². The van der Waals surface area contributed by atoms with Gasteiger partial charge >= 0.3 is 0 Å². The van der Waals surface area contributed by atoms with Gasteiger partial charge in [-0.25, -0.2) is 0 Å². The molecule has 0 atom stereocenters. The van der Waals surface area contributed by atoms with Crippen molar-refractivity contribution in [3.8, 4) is 0 Å². The molecule has 18 heavy (non-hydrogen) atoms. The number of rotatable bonds is 4. The minimum Gasteiger partial charge on any atom is -0.298 e. The fraction of sp³-hybridized carbons (Fsp3) is 0.231. The number of carbonyl (C=O) groups is 1. The standard InChI is InChI=1S/C13H13BrN2OS/c1-9-13(14)12(16(2)15-9)8-18-11-5-3-10(7-17)4-6-11/h3-7H,8H2,1-2H3. The van der Waals surface area contributed by atoms with Crippen LogP contribution in [0.1, 0.15) is 21.7 Å². The van der Waals surface area contributed by atoms with Crippen LogP contribution in [0.2, 0.25) is 0 Å². The van der Waals surface area contributed by atoms with Gasteiger partial charge in [0, 0.05) is 23.3 Å². The largest absolute Gasteiger partial charge is 0.298 e. The lowest BCUT2D eigenvalue weighted by molar-refractivity contribution is 0.112. The summed E-state index contributed by atoms with van der Waals surface area (Å²) >= 11 is 5.28. The summed E-state index contributed by atoms with van der Waals surface area (Å²) in [6, 6.07) is 7.59. The highest BCUT2D eigenvalue weighted by molar-refractivity contribution is 9.10. The number of aryl methyl sites for hydroxylation is 2. The highest BCUT2D eigenvalue weighted by Crippen LogP contribution is 2.28. The molecule has 1 aromatic heterocycles. The van der Waals surface area contributed by atoms with Crippen LogP contribution in [0.3, 0.4) is 0 Å². The molecule has 94 valence electrons. The van der Waals surface area contributed by atoms with Crippen LogP contribution in [-0.2, 0) is 12.8 Å². The molecular formula is C13H13BrN2OS. The molecular weight excluding hydrogens is 312 g/mol. The van der Waals surface area contributed by atoms with Gasteiger partial charge in [0.25, 0.3) is 0 Å². The zero-order valence-corrected chi connectivity index (χ0v) is 12.6. The van der Waals surface area contributed by atoms with Crippen LogP contribution in [-0.4, -0.2) is 16.1 Å². The van der Waals surface area contributed by atoms with E-state index in [9.17, 15) is 4.79 Å². The number of thioether (sulfide) groups is 1. The smallest absolute Gasteiger partial charge is 0.150 e.